The molecule has 0 bridgehead atoms. The third kappa shape index (κ3) is 3.39. The van der Waals surface area contributed by atoms with E-state index in [0.717, 1.165) is 36.3 Å². The summed E-state index contributed by atoms with van der Waals surface area (Å²) in [5, 5.41) is 9.87. The molecule has 3 heterocycles. The van der Waals surface area contributed by atoms with E-state index in [-0.39, 0.29) is 24.4 Å². The van der Waals surface area contributed by atoms with Gasteiger partial charge in [0.15, 0.2) is 0 Å². The molecule has 2 aliphatic rings. The molecule has 0 spiro atoms. The van der Waals surface area contributed by atoms with Gasteiger partial charge in [-0.2, -0.15) is 5.10 Å². The number of hydrogen-bond donors (Lipinski definition) is 1. The molecular weight excluding hydrogens is 424 g/mol. The second-order valence-electron chi connectivity index (χ2n) is 8.59. The zero-order valence-electron chi connectivity index (χ0n) is 18.2. The number of aromatic nitrogens is 2. The number of ether oxygens (including phenoxy) is 1. The molecular formula is C24H26N4O3S. The lowest BCUT2D eigenvalue weighted by molar-refractivity contribution is -0.127. The van der Waals surface area contributed by atoms with Gasteiger partial charge in [0, 0.05) is 6.04 Å². The molecule has 1 N–H and O–H groups in total. The Balaban J connectivity index is 1.61. The number of para-hydroxylation sites is 2. The molecule has 1 unspecified atom stereocenters. The van der Waals surface area contributed by atoms with Gasteiger partial charge in [0.1, 0.15) is 22.7 Å². The Morgan fingerprint density at radius 2 is 2.00 bits per heavy atom. The maximum Gasteiger partial charge on any atom is 0.277 e. The Morgan fingerprint density at radius 3 is 2.72 bits per heavy atom. The monoisotopic (exact) mass is 450 g/mol. The van der Waals surface area contributed by atoms with Crippen LogP contribution in [0.25, 0.3) is 10.6 Å². The van der Waals surface area contributed by atoms with E-state index in [2.05, 4.69) is 5.32 Å². The Hall–Kier alpha value is -3.13. The quantitative estimate of drug-likeness (QED) is 0.635. The molecule has 166 valence electrons. The summed E-state index contributed by atoms with van der Waals surface area (Å²) in [7, 11) is 1.57. The lowest BCUT2D eigenvalue weighted by Crippen LogP contribution is -2.65. The van der Waals surface area contributed by atoms with Crippen molar-refractivity contribution in [3.8, 4) is 16.3 Å². The zero-order chi connectivity index (χ0) is 22.3. The number of hydrogen-bond acceptors (Lipinski definition) is 5. The fraction of sp³-hybridized carbons (Fsp3) is 0.375. The molecule has 1 saturated carbocycles. The first kappa shape index (κ1) is 20.8. The van der Waals surface area contributed by atoms with Crippen LogP contribution in [-0.4, -0.2) is 40.3 Å². The molecule has 7 nitrogen and oxygen atoms in total. The van der Waals surface area contributed by atoms with Crippen molar-refractivity contribution in [1.29, 1.82) is 0 Å². The molecule has 1 aliphatic carbocycles. The van der Waals surface area contributed by atoms with Gasteiger partial charge in [0.05, 0.1) is 24.2 Å². The van der Waals surface area contributed by atoms with Crippen LogP contribution in [0.1, 0.15) is 43.1 Å². The summed E-state index contributed by atoms with van der Waals surface area (Å²) in [5.41, 5.74) is 0.628. The molecule has 5 rings (SSSR count). The van der Waals surface area contributed by atoms with E-state index in [4.69, 9.17) is 9.84 Å². The van der Waals surface area contributed by atoms with Gasteiger partial charge in [-0.15, -0.1) is 11.3 Å². The number of nitrogens with zero attached hydrogens (tertiary/aromatic N) is 3. The highest BCUT2D eigenvalue weighted by Gasteiger charge is 2.50. The zero-order valence-corrected chi connectivity index (χ0v) is 19.0. The molecule has 3 aromatic rings. The minimum absolute atomic E-state index is 0.148. The van der Waals surface area contributed by atoms with Crippen LogP contribution in [0.4, 0.5) is 5.69 Å². The van der Waals surface area contributed by atoms with E-state index in [1.54, 1.807) is 34.1 Å². The van der Waals surface area contributed by atoms with Gasteiger partial charge in [-0.3, -0.25) is 19.2 Å². The molecule has 1 aliphatic heterocycles. The number of amides is 2. The van der Waals surface area contributed by atoms with Gasteiger partial charge in [-0.1, -0.05) is 31.0 Å². The van der Waals surface area contributed by atoms with Crippen LogP contribution in [0.15, 0.2) is 47.8 Å². The van der Waals surface area contributed by atoms with Gasteiger partial charge in [0.2, 0.25) is 5.91 Å². The molecule has 0 radical (unpaired) electrons. The highest BCUT2D eigenvalue weighted by atomic mass is 32.1. The summed E-state index contributed by atoms with van der Waals surface area (Å²) in [6, 6.07) is 13.2. The number of carbonyl (C=O) groups excluding carboxylic acids is 2. The van der Waals surface area contributed by atoms with Gasteiger partial charge >= 0.3 is 0 Å². The topological polar surface area (TPSA) is 76.5 Å². The summed E-state index contributed by atoms with van der Waals surface area (Å²) in [6.45, 7) is 2.08. The summed E-state index contributed by atoms with van der Waals surface area (Å²) in [6.07, 6.45) is 4.18. The van der Waals surface area contributed by atoms with Crippen LogP contribution in [0.2, 0.25) is 0 Å². The standard InChI is InChI=1S/C24H26N4O3S/c1-24(23(30)25-16-8-3-4-9-16)15-27-19(14-17(26-27)21-12-7-13-32-21)22(29)28(24)18-10-5-6-11-20(18)31-2/h5-7,10-14,16H,3-4,8-9,15H2,1-2H3,(H,25,30). The minimum atomic E-state index is -1.15. The highest BCUT2D eigenvalue weighted by Crippen LogP contribution is 2.39. The van der Waals surface area contributed by atoms with E-state index >= 15 is 0 Å². The maximum atomic E-state index is 13.9. The van der Waals surface area contributed by atoms with Crippen LogP contribution in [0.3, 0.4) is 0 Å². The smallest absolute Gasteiger partial charge is 0.277 e. The van der Waals surface area contributed by atoms with Crippen molar-refractivity contribution >= 4 is 28.8 Å². The van der Waals surface area contributed by atoms with Crippen molar-refractivity contribution in [3.05, 3.63) is 53.5 Å². The van der Waals surface area contributed by atoms with Crippen molar-refractivity contribution in [1.82, 2.24) is 15.1 Å². The largest absolute Gasteiger partial charge is 0.495 e. The van der Waals surface area contributed by atoms with Crippen molar-refractivity contribution in [3.63, 3.8) is 0 Å². The number of thiophene rings is 1. The number of nitrogens with one attached hydrogen (secondary N) is 1. The van der Waals surface area contributed by atoms with Gasteiger partial charge in [0.25, 0.3) is 5.91 Å². The third-order valence-electron chi connectivity index (χ3n) is 6.43. The summed E-state index contributed by atoms with van der Waals surface area (Å²) < 4.78 is 7.24. The summed E-state index contributed by atoms with van der Waals surface area (Å²) in [4.78, 5) is 30.1. The number of benzene rings is 1. The van der Waals surface area contributed by atoms with E-state index in [1.807, 2.05) is 48.7 Å². The van der Waals surface area contributed by atoms with E-state index in [1.165, 1.54) is 0 Å². The Kier molecular flexibility index (Phi) is 5.25. The summed E-state index contributed by atoms with van der Waals surface area (Å²) in [5.74, 6) is 0.120. The predicted molar refractivity (Wildman–Crippen MR) is 124 cm³/mol. The van der Waals surface area contributed by atoms with Crippen molar-refractivity contribution < 1.29 is 14.3 Å². The first-order chi connectivity index (χ1) is 15.5. The van der Waals surface area contributed by atoms with Gasteiger partial charge < -0.3 is 10.1 Å². The Labute approximate surface area is 191 Å². The summed E-state index contributed by atoms with van der Waals surface area (Å²) >= 11 is 1.57. The average molecular weight is 451 g/mol. The fourth-order valence-corrected chi connectivity index (χ4v) is 5.41. The number of carbonyl (C=O) groups is 2. The molecule has 0 saturated heterocycles. The number of methoxy groups -OCH3 is 1. The molecule has 1 aromatic carbocycles. The minimum Gasteiger partial charge on any atom is -0.495 e. The molecule has 32 heavy (non-hydrogen) atoms. The molecule has 2 amide bonds. The number of fused-ring (bicyclic) bond motifs is 1. The number of rotatable bonds is 5. The van der Waals surface area contributed by atoms with Crippen LogP contribution in [-0.2, 0) is 11.3 Å². The van der Waals surface area contributed by atoms with Crippen LogP contribution >= 0.6 is 11.3 Å². The number of anilines is 1. The van der Waals surface area contributed by atoms with E-state index in [0.29, 0.717) is 17.1 Å². The highest BCUT2D eigenvalue weighted by molar-refractivity contribution is 7.13. The lowest BCUT2D eigenvalue weighted by Gasteiger charge is -2.43. The lowest BCUT2D eigenvalue weighted by atomic mass is 9.93. The van der Waals surface area contributed by atoms with E-state index in [9.17, 15) is 9.59 Å². The normalized spacial score (nSPS) is 20.9. The second-order valence-corrected chi connectivity index (χ2v) is 9.54. The van der Waals surface area contributed by atoms with Crippen LogP contribution in [0.5, 0.6) is 5.75 Å². The first-order valence-corrected chi connectivity index (χ1v) is 11.8. The Bertz CT molecular complexity index is 1150. The van der Waals surface area contributed by atoms with Crippen molar-refractivity contribution in [2.45, 2.75) is 50.7 Å². The third-order valence-corrected chi connectivity index (χ3v) is 7.32. The van der Waals surface area contributed by atoms with Crippen molar-refractivity contribution in [2.24, 2.45) is 0 Å². The van der Waals surface area contributed by atoms with Gasteiger partial charge in [-0.25, -0.2) is 0 Å². The predicted octanol–water partition coefficient (Wildman–Crippen LogP) is 4.10. The fourth-order valence-electron chi connectivity index (χ4n) is 4.73. The first-order valence-electron chi connectivity index (χ1n) is 10.9. The van der Waals surface area contributed by atoms with E-state index < -0.39 is 5.54 Å². The van der Waals surface area contributed by atoms with Crippen molar-refractivity contribution in [2.75, 3.05) is 12.0 Å². The maximum absolute atomic E-state index is 13.9. The second kappa shape index (κ2) is 8.09. The SMILES string of the molecule is COc1ccccc1N1C(=O)c2cc(-c3cccs3)nn2CC1(C)C(=O)NC1CCCC1. The Morgan fingerprint density at radius 1 is 1.22 bits per heavy atom. The average Bonchev–Trinajstić information content (AvgIpc) is 3.55. The van der Waals surface area contributed by atoms with Crippen LogP contribution < -0.4 is 15.0 Å². The molecule has 8 heteroatoms. The molecule has 1 atom stereocenters. The van der Waals surface area contributed by atoms with Crippen LogP contribution in [0, 0.1) is 0 Å². The van der Waals surface area contributed by atoms with Gasteiger partial charge in [-0.05, 0) is 49.4 Å². The molecule has 2 aromatic heterocycles. The molecule has 1 fully saturated rings.